The summed E-state index contributed by atoms with van der Waals surface area (Å²) < 4.78 is 0. The first-order valence-corrected chi connectivity index (χ1v) is 10.9. The van der Waals surface area contributed by atoms with Gasteiger partial charge in [-0.15, -0.1) is 0 Å². The minimum Gasteiger partial charge on any atom is -0.349 e. The van der Waals surface area contributed by atoms with Crippen LogP contribution in [0.25, 0.3) is 0 Å². The highest BCUT2D eigenvalue weighted by atomic mass is 35.5. The molecule has 1 saturated heterocycles. The summed E-state index contributed by atoms with van der Waals surface area (Å²) in [5, 5.41) is 3.62. The highest BCUT2D eigenvalue weighted by Crippen LogP contribution is 2.28. The number of benzene rings is 3. The lowest BCUT2D eigenvalue weighted by atomic mass is 9.89. The van der Waals surface area contributed by atoms with Crippen LogP contribution in [0.4, 0.5) is 0 Å². The Balaban J connectivity index is 1.42. The van der Waals surface area contributed by atoms with Crippen LogP contribution in [0.15, 0.2) is 84.9 Å². The van der Waals surface area contributed by atoms with E-state index in [-0.39, 0.29) is 23.8 Å². The quantitative estimate of drug-likeness (QED) is 0.623. The third kappa shape index (κ3) is 5.15. The van der Waals surface area contributed by atoms with Crippen LogP contribution in [0.3, 0.4) is 0 Å². The van der Waals surface area contributed by atoms with Gasteiger partial charge >= 0.3 is 0 Å². The Bertz CT molecular complexity index is 992. The lowest BCUT2D eigenvalue weighted by Gasteiger charge is -2.35. The summed E-state index contributed by atoms with van der Waals surface area (Å²) in [6.45, 7) is 1.24. The number of nitrogens with zero attached hydrogens (tertiary/aromatic N) is 1. The Kier molecular flexibility index (Phi) is 6.68. The first-order chi connectivity index (χ1) is 15.1. The molecule has 0 saturated carbocycles. The first-order valence-electron chi connectivity index (χ1n) is 10.6. The molecule has 1 heterocycles. The summed E-state index contributed by atoms with van der Waals surface area (Å²) in [6.07, 6.45) is 1.46. The fourth-order valence-electron chi connectivity index (χ4n) is 4.09. The van der Waals surface area contributed by atoms with Crippen molar-refractivity contribution in [3.05, 3.63) is 107 Å². The predicted octanol–water partition coefficient (Wildman–Crippen LogP) is 4.89. The molecule has 0 spiro atoms. The van der Waals surface area contributed by atoms with E-state index < -0.39 is 0 Å². The van der Waals surface area contributed by atoms with E-state index >= 15 is 0 Å². The second-order valence-corrected chi connectivity index (χ2v) is 8.27. The summed E-state index contributed by atoms with van der Waals surface area (Å²) in [5.41, 5.74) is 2.55. The Morgan fingerprint density at radius 3 is 1.97 bits per heavy atom. The van der Waals surface area contributed by atoms with Gasteiger partial charge in [0.05, 0.1) is 5.92 Å². The van der Waals surface area contributed by atoms with Crippen LogP contribution in [0, 0.1) is 0 Å². The summed E-state index contributed by atoms with van der Waals surface area (Å²) in [6, 6.07) is 26.8. The van der Waals surface area contributed by atoms with Crippen LogP contribution in [0.5, 0.6) is 0 Å². The molecule has 2 amide bonds. The standard InChI is InChI=1S/C26H25ClN2O2/c27-22-13-7-12-21(18-22)25(30)28-23-14-16-29(17-15-23)26(31)24(19-8-3-1-4-9-19)20-10-5-2-6-11-20/h1-13,18,23-24H,14-17H2,(H,28,30). The maximum absolute atomic E-state index is 13.5. The molecule has 0 aromatic heterocycles. The van der Waals surface area contributed by atoms with Gasteiger partial charge in [0, 0.05) is 29.7 Å². The maximum atomic E-state index is 13.5. The molecule has 1 aliphatic heterocycles. The number of carbonyl (C=O) groups is 2. The summed E-state index contributed by atoms with van der Waals surface area (Å²) in [5.74, 6) is -0.337. The van der Waals surface area contributed by atoms with Gasteiger partial charge in [-0.25, -0.2) is 0 Å². The number of likely N-dealkylation sites (tertiary alicyclic amines) is 1. The molecule has 1 fully saturated rings. The lowest BCUT2D eigenvalue weighted by Crippen LogP contribution is -2.47. The monoisotopic (exact) mass is 432 g/mol. The molecule has 31 heavy (non-hydrogen) atoms. The van der Waals surface area contributed by atoms with Crippen molar-refractivity contribution < 1.29 is 9.59 Å². The molecule has 4 nitrogen and oxygen atoms in total. The Hall–Kier alpha value is -3.11. The van der Waals surface area contributed by atoms with Crippen molar-refractivity contribution in [2.75, 3.05) is 13.1 Å². The first kappa shape index (κ1) is 21.1. The van der Waals surface area contributed by atoms with Gasteiger partial charge < -0.3 is 10.2 Å². The molecule has 0 atom stereocenters. The van der Waals surface area contributed by atoms with Crippen molar-refractivity contribution in [3.63, 3.8) is 0 Å². The molecule has 0 radical (unpaired) electrons. The van der Waals surface area contributed by atoms with Crippen molar-refractivity contribution in [1.29, 1.82) is 0 Å². The molecule has 1 aliphatic rings. The van der Waals surface area contributed by atoms with E-state index in [9.17, 15) is 9.59 Å². The number of piperidine rings is 1. The Labute approximate surface area is 187 Å². The molecule has 3 aromatic rings. The SMILES string of the molecule is O=C(NC1CCN(C(=O)C(c2ccccc2)c2ccccc2)CC1)c1cccc(Cl)c1. The molecule has 3 aromatic carbocycles. The number of carbonyl (C=O) groups excluding carboxylic acids is 2. The van der Waals surface area contributed by atoms with Crippen LogP contribution in [0.1, 0.15) is 40.2 Å². The van der Waals surface area contributed by atoms with Crippen molar-refractivity contribution >= 4 is 23.4 Å². The molecule has 0 unspecified atom stereocenters. The third-order valence-corrected chi connectivity index (χ3v) is 5.98. The normalized spacial score (nSPS) is 14.5. The van der Waals surface area contributed by atoms with Crippen molar-refractivity contribution in [3.8, 4) is 0 Å². The van der Waals surface area contributed by atoms with Gasteiger partial charge in [0.15, 0.2) is 0 Å². The number of halogens is 1. The van der Waals surface area contributed by atoms with Gasteiger partial charge in [-0.05, 0) is 42.2 Å². The van der Waals surface area contributed by atoms with E-state index in [4.69, 9.17) is 11.6 Å². The van der Waals surface area contributed by atoms with Gasteiger partial charge in [0.2, 0.25) is 5.91 Å². The number of amides is 2. The predicted molar refractivity (Wildman–Crippen MR) is 123 cm³/mol. The van der Waals surface area contributed by atoms with Crippen LogP contribution in [0.2, 0.25) is 5.02 Å². The number of rotatable bonds is 5. The van der Waals surface area contributed by atoms with Crippen molar-refractivity contribution in [2.24, 2.45) is 0 Å². The number of nitrogens with one attached hydrogen (secondary N) is 1. The van der Waals surface area contributed by atoms with E-state index in [0.717, 1.165) is 24.0 Å². The maximum Gasteiger partial charge on any atom is 0.251 e. The lowest BCUT2D eigenvalue weighted by molar-refractivity contribution is -0.132. The highest BCUT2D eigenvalue weighted by Gasteiger charge is 2.30. The van der Waals surface area contributed by atoms with E-state index in [1.165, 1.54) is 0 Å². The fraction of sp³-hybridized carbons (Fsp3) is 0.231. The van der Waals surface area contributed by atoms with E-state index in [2.05, 4.69) is 5.32 Å². The zero-order valence-corrected chi connectivity index (χ0v) is 18.0. The molecular formula is C26H25ClN2O2. The van der Waals surface area contributed by atoms with Gasteiger partial charge in [-0.2, -0.15) is 0 Å². The summed E-state index contributed by atoms with van der Waals surface area (Å²) in [4.78, 5) is 27.9. The number of hydrogen-bond donors (Lipinski definition) is 1. The Morgan fingerprint density at radius 2 is 1.42 bits per heavy atom. The zero-order chi connectivity index (χ0) is 21.6. The average Bonchev–Trinajstić information content (AvgIpc) is 2.81. The minimum absolute atomic E-state index is 0.0439. The molecule has 0 bridgehead atoms. The van der Waals surface area contributed by atoms with Crippen LogP contribution in [-0.2, 0) is 4.79 Å². The second-order valence-electron chi connectivity index (χ2n) is 7.84. The average molecular weight is 433 g/mol. The second kappa shape index (κ2) is 9.80. The largest absolute Gasteiger partial charge is 0.349 e. The smallest absolute Gasteiger partial charge is 0.251 e. The van der Waals surface area contributed by atoms with Gasteiger partial charge in [0.1, 0.15) is 0 Å². The van der Waals surface area contributed by atoms with Gasteiger partial charge in [0.25, 0.3) is 5.91 Å². The third-order valence-electron chi connectivity index (χ3n) is 5.74. The van der Waals surface area contributed by atoms with E-state index in [1.807, 2.05) is 65.6 Å². The summed E-state index contributed by atoms with van der Waals surface area (Å²) in [7, 11) is 0. The molecule has 4 rings (SSSR count). The Morgan fingerprint density at radius 1 is 0.839 bits per heavy atom. The van der Waals surface area contributed by atoms with E-state index in [1.54, 1.807) is 24.3 Å². The molecular weight excluding hydrogens is 408 g/mol. The minimum atomic E-state index is -0.319. The van der Waals surface area contributed by atoms with Crippen LogP contribution < -0.4 is 5.32 Å². The summed E-state index contributed by atoms with van der Waals surface area (Å²) >= 11 is 5.99. The fourth-order valence-corrected chi connectivity index (χ4v) is 4.28. The van der Waals surface area contributed by atoms with Crippen LogP contribution >= 0.6 is 11.6 Å². The topological polar surface area (TPSA) is 49.4 Å². The van der Waals surface area contributed by atoms with Crippen molar-refractivity contribution in [1.82, 2.24) is 10.2 Å². The zero-order valence-electron chi connectivity index (χ0n) is 17.2. The van der Waals surface area contributed by atoms with E-state index in [0.29, 0.717) is 23.7 Å². The van der Waals surface area contributed by atoms with Crippen molar-refractivity contribution in [2.45, 2.75) is 24.8 Å². The molecule has 158 valence electrons. The molecule has 0 aliphatic carbocycles. The molecule has 5 heteroatoms. The highest BCUT2D eigenvalue weighted by molar-refractivity contribution is 6.30. The number of hydrogen-bond acceptors (Lipinski definition) is 2. The van der Waals surface area contributed by atoms with Gasteiger partial charge in [-0.3, -0.25) is 9.59 Å². The van der Waals surface area contributed by atoms with Gasteiger partial charge in [-0.1, -0.05) is 78.3 Å². The molecule has 1 N–H and O–H groups in total. The van der Waals surface area contributed by atoms with Crippen LogP contribution in [-0.4, -0.2) is 35.8 Å².